The van der Waals surface area contributed by atoms with Gasteiger partial charge in [-0.25, -0.2) is 9.37 Å². The van der Waals surface area contributed by atoms with Gasteiger partial charge in [0.1, 0.15) is 10.8 Å². The van der Waals surface area contributed by atoms with Gasteiger partial charge in [-0.15, -0.1) is 11.3 Å². The van der Waals surface area contributed by atoms with E-state index in [0.717, 1.165) is 36.4 Å². The van der Waals surface area contributed by atoms with E-state index in [-0.39, 0.29) is 22.1 Å². The summed E-state index contributed by atoms with van der Waals surface area (Å²) in [5, 5.41) is 3.20. The summed E-state index contributed by atoms with van der Waals surface area (Å²) in [6.45, 7) is 0.137. The summed E-state index contributed by atoms with van der Waals surface area (Å²) in [4.78, 5) is 7.56. The molecule has 2 heterocycles. The lowest BCUT2D eigenvalue weighted by Gasteiger charge is -2.06. The molecule has 21 heavy (non-hydrogen) atoms. The summed E-state index contributed by atoms with van der Waals surface area (Å²) in [5.41, 5.74) is -0.647. The maximum atomic E-state index is 13.0. The van der Waals surface area contributed by atoms with Crippen molar-refractivity contribution >= 4 is 11.3 Å². The van der Waals surface area contributed by atoms with E-state index in [1.807, 2.05) is 0 Å². The Kier molecular flexibility index (Phi) is 3.66. The van der Waals surface area contributed by atoms with Gasteiger partial charge < -0.3 is 5.32 Å². The Morgan fingerprint density at radius 1 is 1.29 bits per heavy atom. The monoisotopic (exact) mass is 317 g/mol. The molecule has 3 rings (SSSR count). The predicted octanol–water partition coefficient (Wildman–Crippen LogP) is 3.62. The molecule has 112 valence electrons. The van der Waals surface area contributed by atoms with Gasteiger partial charge in [-0.05, 0) is 25.0 Å². The third-order valence-corrected chi connectivity index (χ3v) is 4.12. The quantitative estimate of drug-likeness (QED) is 0.875. The van der Waals surface area contributed by atoms with Crippen molar-refractivity contribution in [1.82, 2.24) is 15.3 Å². The average Bonchev–Trinajstić information content (AvgIpc) is 3.14. The molecule has 1 fully saturated rings. The van der Waals surface area contributed by atoms with Crippen LogP contribution in [0.25, 0.3) is 10.7 Å². The summed E-state index contributed by atoms with van der Waals surface area (Å²) in [5.74, 6) is -0.540. The fourth-order valence-corrected chi connectivity index (χ4v) is 2.84. The predicted molar refractivity (Wildman–Crippen MR) is 70.2 cm³/mol. The molecule has 0 atom stereocenters. The molecule has 1 aliphatic carbocycles. The van der Waals surface area contributed by atoms with E-state index in [1.165, 1.54) is 6.07 Å². The summed E-state index contributed by atoms with van der Waals surface area (Å²) in [7, 11) is 0. The van der Waals surface area contributed by atoms with E-state index in [0.29, 0.717) is 6.04 Å². The van der Waals surface area contributed by atoms with E-state index in [4.69, 9.17) is 0 Å². The topological polar surface area (TPSA) is 37.8 Å². The standard InChI is InChI=1S/C13H11F4N3S/c14-7-1-4-9(19-5-7)12-20-11(13(15,16)17)10(21-12)6-18-8-2-3-8/h1,4-5,8,18H,2-3,6H2. The number of thiazole rings is 1. The second-order valence-corrected chi connectivity index (χ2v) is 5.89. The molecule has 0 saturated heterocycles. The van der Waals surface area contributed by atoms with E-state index in [2.05, 4.69) is 15.3 Å². The Hall–Kier alpha value is -1.54. The molecule has 2 aromatic heterocycles. The van der Waals surface area contributed by atoms with Crippen LogP contribution in [0, 0.1) is 5.82 Å². The Morgan fingerprint density at radius 3 is 2.62 bits per heavy atom. The first kappa shape index (κ1) is 14.4. The van der Waals surface area contributed by atoms with Gasteiger partial charge in [0.25, 0.3) is 0 Å². The smallest absolute Gasteiger partial charge is 0.309 e. The Labute approximate surface area is 122 Å². The highest BCUT2D eigenvalue weighted by Crippen LogP contribution is 2.37. The van der Waals surface area contributed by atoms with Gasteiger partial charge in [-0.1, -0.05) is 0 Å². The number of rotatable bonds is 4. The van der Waals surface area contributed by atoms with E-state index >= 15 is 0 Å². The number of nitrogens with one attached hydrogen (secondary N) is 1. The minimum Gasteiger partial charge on any atom is -0.309 e. The molecule has 0 radical (unpaired) electrons. The van der Waals surface area contributed by atoms with Gasteiger partial charge >= 0.3 is 6.18 Å². The zero-order chi connectivity index (χ0) is 15.0. The molecule has 0 amide bonds. The molecule has 2 aromatic rings. The lowest BCUT2D eigenvalue weighted by molar-refractivity contribution is -0.141. The van der Waals surface area contributed by atoms with Crippen molar-refractivity contribution in [1.29, 1.82) is 0 Å². The van der Waals surface area contributed by atoms with Crippen LogP contribution in [0.1, 0.15) is 23.4 Å². The lowest BCUT2D eigenvalue weighted by Crippen LogP contribution is -2.18. The van der Waals surface area contributed by atoms with Crippen LogP contribution in [0.2, 0.25) is 0 Å². The van der Waals surface area contributed by atoms with Crippen LogP contribution in [-0.2, 0) is 12.7 Å². The molecule has 0 aromatic carbocycles. The van der Waals surface area contributed by atoms with Crippen molar-refractivity contribution in [3.63, 3.8) is 0 Å². The zero-order valence-electron chi connectivity index (χ0n) is 10.7. The Morgan fingerprint density at radius 2 is 2.05 bits per heavy atom. The molecule has 1 aliphatic rings. The third kappa shape index (κ3) is 3.38. The molecule has 8 heteroatoms. The number of pyridine rings is 1. The van der Waals surface area contributed by atoms with Gasteiger partial charge in [0.15, 0.2) is 5.69 Å². The number of hydrogen-bond acceptors (Lipinski definition) is 4. The van der Waals surface area contributed by atoms with Crippen LogP contribution in [0.5, 0.6) is 0 Å². The molecule has 0 unspecified atom stereocenters. The maximum Gasteiger partial charge on any atom is 0.434 e. The summed E-state index contributed by atoms with van der Waals surface area (Å²) < 4.78 is 51.9. The highest BCUT2D eigenvalue weighted by Gasteiger charge is 2.38. The van der Waals surface area contributed by atoms with E-state index < -0.39 is 17.7 Å². The van der Waals surface area contributed by atoms with Gasteiger partial charge in [0.05, 0.1) is 16.8 Å². The van der Waals surface area contributed by atoms with Crippen molar-refractivity contribution in [3.05, 3.63) is 34.7 Å². The zero-order valence-corrected chi connectivity index (χ0v) is 11.6. The Balaban J connectivity index is 1.91. The minimum absolute atomic E-state index is 0.135. The molecule has 0 bridgehead atoms. The molecule has 1 N–H and O–H groups in total. The van der Waals surface area contributed by atoms with E-state index in [1.54, 1.807) is 0 Å². The van der Waals surface area contributed by atoms with Crippen LogP contribution in [-0.4, -0.2) is 16.0 Å². The SMILES string of the molecule is Fc1ccc(-c2nc(C(F)(F)F)c(CNC3CC3)s2)nc1. The maximum absolute atomic E-state index is 13.0. The largest absolute Gasteiger partial charge is 0.434 e. The van der Waals surface area contributed by atoms with Crippen molar-refractivity contribution in [2.24, 2.45) is 0 Å². The van der Waals surface area contributed by atoms with Crippen LogP contribution in [0.4, 0.5) is 17.6 Å². The van der Waals surface area contributed by atoms with Gasteiger partial charge in [-0.3, -0.25) is 4.98 Å². The number of aromatic nitrogens is 2. The van der Waals surface area contributed by atoms with Crippen molar-refractivity contribution < 1.29 is 17.6 Å². The summed E-state index contributed by atoms with van der Waals surface area (Å²) in [6.07, 6.45) is -1.56. The van der Waals surface area contributed by atoms with Crippen LogP contribution in [0.3, 0.4) is 0 Å². The summed E-state index contributed by atoms with van der Waals surface area (Å²) >= 11 is 0.937. The average molecular weight is 317 g/mol. The first-order chi connectivity index (χ1) is 9.93. The Bertz CT molecular complexity index is 632. The fraction of sp³-hybridized carbons (Fsp3) is 0.385. The minimum atomic E-state index is -4.50. The molecule has 0 spiro atoms. The van der Waals surface area contributed by atoms with Gasteiger partial charge in [0, 0.05) is 12.6 Å². The second kappa shape index (κ2) is 5.34. The van der Waals surface area contributed by atoms with Crippen LogP contribution >= 0.6 is 11.3 Å². The second-order valence-electron chi connectivity index (χ2n) is 4.81. The van der Waals surface area contributed by atoms with E-state index in [9.17, 15) is 17.6 Å². The van der Waals surface area contributed by atoms with Gasteiger partial charge in [0.2, 0.25) is 0 Å². The van der Waals surface area contributed by atoms with Crippen LogP contribution in [0.15, 0.2) is 18.3 Å². The first-order valence-corrected chi connectivity index (χ1v) is 7.17. The fourth-order valence-electron chi connectivity index (χ4n) is 1.83. The number of halogens is 4. The molecular formula is C13H11F4N3S. The number of hydrogen-bond donors (Lipinski definition) is 1. The van der Waals surface area contributed by atoms with Crippen LogP contribution < -0.4 is 5.32 Å². The van der Waals surface area contributed by atoms with Gasteiger partial charge in [-0.2, -0.15) is 13.2 Å². The first-order valence-electron chi connectivity index (χ1n) is 6.35. The highest BCUT2D eigenvalue weighted by molar-refractivity contribution is 7.15. The molecule has 1 saturated carbocycles. The highest BCUT2D eigenvalue weighted by atomic mass is 32.1. The number of alkyl halides is 3. The van der Waals surface area contributed by atoms with Crippen molar-refractivity contribution in [2.75, 3.05) is 0 Å². The molecule has 0 aliphatic heterocycles. The van der Waals surface area contributed by atoms with Crippen molar-refractivity contribution in [2.45, 2.75) is 31.6 Å². The number of nitrogens with zero attached hydrogens (tertiary/aromatic N) is 2. The normalized spacial score (nSPS) is 15.4. The molecule has 3 nitrogen and oxygen atoms in total. The third-order valence-electron chi connectivity index (χ3n) is 3.04. The lowest BCUT2D eigenvalue weighted by atomic mass is 10.3. The van der Waals surface area contributed by atoms with Crippen molar-refractivity contribution in [3.8, 4) is 10.7 Å². The summed E-state index contributed by atoms with van der Waals surface area (Å²) in [6, 6.07) is 2.78. The molecular weight excluding hydrogens is 306 g/mol.